The van der Waals surface area contributed by atoms with Crippen LogP contribution in [0.25, 0.3) is 0 Å². The Balaban J connectivity index is 2.01. The molecule has 0 aromatic carbocycles. The lowest BCUT2D eigenvalue weighted by Crippen LogP contribution is -2.39. The Morgan fingerprint density at radius 1 is 1.42 bits per heavy atom. The Bertz CT molecular complexity index is 412. The lowest BCUT2D eigenvalue weighted by Gasteiger charge is -2.34. The van der Waals surface area contributed by atoms with Crippen LogP contribution in [0.5, 0.6) is 0 Å². The molecule has 1 saturated carbocycles. The lowest BCUT2D eigenvalue weighted by molar-refractivity contribution is 0.384. The fourth-order valence-corrected chi connectivity index (χ4v) is 2.49. The smallest absolute Gasteiger partial charge is 0.134 e. The molecule has 0 spiro atoms. The summed E-state index contributed by atoms with van der Waals surface area (Å²) in [5.41, 5.74) is 5.95. The first-order chi connectivity index (χ1) is 9.20. The Morgan fingerprint density at radius 2 is 2.16 bits per heavy atom. The number of hydrogen-bond donors (Lipinski definition) is 2. The molecular weight excluding hydrogens is 238 g/mol. The van der Waals surface area contributed by atoms with Gasteiger partial charge in [0.15, 0.2) is 0 Å². The van der Waals surface area contributed by atoms with E-state index in [0.717, 1.165) is 37.3 Å². The molecule has 5 nitrogen and oxygen atoms in total. The minimum atomic E-state index is 0.375. The van der Waals surface area contributed by atoms with Crippen molar-refractivity contribution in [2.45, 2.75) is 37.8 Å². The van der Waals surface area contributed by atoms with Crippen molar-refractivity contribution < 1.29 is 0 Å². The van der Waals surface area contributed by atoms with Crippen LogP contribution in [0.4, 0.5) is 11.6 Å². The molecule has 0 amide bonds. The molecule has 0 bridgehead atoms. The van der Waals surface area contributed by atoms with E-state index in [9.17, 15) is 0 Å². The molecule has 104 valence electrons. The molecule has 0 radical (unpaired) electrons. The van der Waals surface area contributed by atoms with Gasteiger partial charge in [0.05, 0.1) is 0 Å². The van der Waals surface area contributed by atoms with E-state index in [-0.39, 0.29) is 0 Å². The molecule has 2 rings (SSSR count). The number of aromatic nitrogens is 2. The Morgan fingerprint density at radius 3 is 2.84 bits per heavy atom. The van der Waals surface area contributed by atoms with E-state index in [2.05, 4.69) is 33.8 Å². The van der Waals surface area contributed by atoms with Gasteiger partial charge in [-0.3, -0.25) is 0 Å². The molecule has 19 heavy (non-hydrogen) atoms. The molecular formula is C14H23N5. The number of anilines is 2. The number of nitrogens with zero attached hydrogens (tertiary/aromatic N) is 3. The van der Waals surface area contributed by atoms with E-state index in [4.69, 9.17) is 5.73 Å². The first-order valence-electron chi connectivity index (χ1n) is 6.86. The monoisotopic (exact) mass is 261 g/mol. The molecule has 1 heterocycles. The van der Waals surface area contributed by atoms with Crippen molar-refractivity contribution in [3.8, 4) is 0 Å². The van der Waals surface area contributed by atoms with Crippen LogP contribution in [-0.2, 0) is 0 Å². The first-order valence-corrected chi connectivity index (χ1v) is 6.86. The summed E-state index contributed by atoms with van der Waals surface area (Å²) in [6.45, 7) is 4.39. The van der Waals surface area contributed by atoms with Gasteiger partial charge in [-0.05, 0) is 25.7 Å². The average Bonchev–Trinajstić information content (AvgIpc) is 2.45. The van der Waals surface area contributed by atoms with Crippen molar-refractivity contribution in [1.82, 2.24) is 9.97 Å². The fraction of sp³-hybridized carbons (Fsp3) is 0.571. The molecule has 5 heteroatoms. The van der Waals surface area contributed by atoms with Crippen molar-refractivity contribution in [1.29, 1.82) is 0 Å². The molecule has 1 aromatic heterocycles. The van der Waals surface area contributed by atoms with E-state index in [1.807, 2.05) is 12.1 Å². The highest BCUT2D eigenvalue weighted by atomic mass is 15.2. The van der Waals surface area contributed by atoms with Crippen molar-refractivity contribution >= 4 is 11.6 Å². The summed E-state index contributed by atoms with van der Waals surface area (Å²) in [5, 5.41) is 3.18. The topological polar surface area (TPSA) is 67.1 Å². The van der Waals surface area contributed by atoms with Gasteiger partial charge in [-0.1, -0.05) is 6.08 Å². The van der Waals surface area contributed by atoms with Crippen molar-refractivity contribution in [2.75, 3.05) is 23.8 Å². The van der Waals surface area contributed by atoms with Gasteiger partial charge in [-0.25, -0.2) is 9.97 Å². The number of nitrogens with one attached hydrogen (secondary N) is 1. The third-order valence-corrected chi connectivity index (χ3v) is 3.73. The Labute approximate surface area is 114 Å². The maximum Gasteiger partial charge on any atom is 0.134 e. The molecule has 1 aliphatic rings. The van der Waals surface area contributed by atoms with Crippen LogP contribution in [0.15, 0.2) is 25.0 Å². The highest BCUT2D eigenvalue weighted by molar-refractivity contribution is 5.48. The highest BCUT2D eigenvalue weighted by Gasteiger charge is 2.22. The second-order valence-electron chi connectivity index (χ2n) is 5.11. The zero-order chi connectivity index (χ0) is 13.7. The van der Waals surface area contributed by atoms with Crippen LogP contribution < -0.4 is 16.0 Å². The third kappa shape index (κ3) is 3.67. The Kier molecular flexibility index (Phi) is 4.74. The van der Waals surface area contributed by atoms with Crippen LogP contribution >= 0.6 is 0 Å². The van der Waals surface area contributed by atoms with Crippen LogP contribution in [0.1, 0.15) is 25.7 Å². The molecule has 1 aromatic rings. The van der Waals surface area contributed by atoms with Crippen LogP contribution in [0, 0.1) is 0 Å². The highest BCUT2D eigenvalue weighted by Crippen LogP contribution is 2.25. The summed E-state index contributed by atoms with van der Waals surface area (Å²) in [6, 6.07) is 2.89. The van der Waals surface area contributed by atoms with Gasteiger partial charge in [-0.2, -0.15) is 0 Å². The Hall–Kier alpha value is -1.62. The summed E-state index contributed by atoms with van der Waals surface area (Å²) in [6.07, 6.45) is 7.89. The van der Waals surface area contributed by atoms with E-state index in [1.165, 1.54) is 0 Å². The zero-order valence-electron chi connectivity index (χ0n) is 11.5. The van der Waals surface area contributed by atoms with Gasteiger partial charge >= 0.3 is 0 Å². The van der Waals surface area contributed by atoms with Crippen molar-refractivity contribution in [2.24, 2.45) is 5.73 Å². The van der Waals surface area contributed by atoms with E-state index < -0.39 is 0 Å². The third-order valence-electron chi connectivity index (χ3n) is 3.73. The number of hydrogen-bond acceptors (Lipinski definition) is 5. The largest absolute Gasteiger partial charge is 0.366 e. The summed E-state index contributed by atoms with van der Waals surface area (Å²) in [5.74, 6) is 1.80. The van der Waals surface area contributed by atoms with Crippen LogP contribution in [0.3, 0.4) is 0 Å². The van der Waals surface area contributed by atoms with Gasteiger partial charge in [0.25, 0.3) is 0 Å². The summed E-state index contributed by atoms with van der Waals surface area (Å²) in [7, 11) is 2.10. The number of nitrogens with two attached hydrogens (primary N) is 1. The summed E-state index contributed by atoms with van der Waals surface area (Å²) < 4.78 is 0. The van der Waals surface area contributed by atoms with Gasteiger partial charge in [0.2, 0.25) is 0 Å². The van der Waals surface area contributed by atoms with Gasteiger partial charge < -0.3 is 16.0 Å². The van der Waals surface area contributed by atoms with Crippen molar-refractivity contribution in [3.05, 3.63) is 25.0 Å². The molecule has 0 saturated heterocycles. The van der Waals surface area contributed by atoms with Crippen LogP contribution in [0.2, 0.25) is 0 Å². The SMILES string of the molecule is C=CCNc1cc(N(C)C2CCC(N)CC2)ncn1. The standard InChI is InChI=1S/C14H23N5/c1-3-8-16-13-9-14(18-10-17-13)19(2)12-6-4-11(15)5-7-12/h3,9-12H,1,4-8,15H2,2H3,(H,16,17,18). The van der Waals surface area contributed by atoms with Gasteiger partial charge in [0, 0.05) is 31.7 Å². The van der Waals surface area contributed by atoms with Crippen molar-refractivity contribution in [3.63, 3.8) is 0 Å². The fourth-order valence-electron chi connectivity index (χ4n) is 2.49. The van der Waals surface area contributed by atoms with Crippen LogP contribution in [-0.4, -0.2) is 35.6 Å². The number of rotatable bonds is 5. The molecule has 0 unspecified atom stereocenters. The molecule has 3 N–H and O–H groups in total. The zero-order valence-corrected chi connectivity index (χ0v) is 11.5. The van der Waals surface area contributed by atoms with E-state index in [0.29, 0.717) is 18.6 Å². The predicted molar refractivity (Wildman–Crippen MR) is 79.4 cm³/mol. The molecule has 1 fully saturated rings. The van der Waals surface area contributed by atoms with E-state index >= 15 is 0 Å². The second-order valence-corrected chi connectivity index (χ2v) is 5.11. The molecule has 0 aliphatic heterocycles. The minimum absolute atomic E-state index is 0.375. The quantitative estimate of drug-likeness (QED) is 0.791. The maximum atomic E-state index is 5.95. The second kappa shape index (κ2) is 6.52. The molecule has 1 aliphatic carbocycles. The lowest BCUT2D eigenvalue weighted by atomic mass is 9.91. The first kappa shape index (κ1) is 13.8. The molecule has 0 atom stereocenters. The summed E-state index contributed by atoms with van der Waals surface area (Å²) in [4.78, 5) is 10.8. The van der Waals surface area contributed by atoms with E-state index in [1.54, 1.807) is 6.33 Å². The minimum Gasteiger partial charge on any atom is -0.366 e. The predicted octanol–water partition coefficient (Wildman–Crippen LogP) is 1.78. The average molecular weight is 261 g/mol. The maximum absolute atomic E-state index is 5.95. The van der Waals surface area contributed by atoms with Gasteiger partial charge in [-0.15, -0.1) is 6.58 Å². The normalized spacial score (nSPS) is 22.8. The summed E-state index contributed by atoms with van der Waals surface area (Å²) >= 11 is 0. The van der Waals surface area contributed by atoms with Gasteiger partial charge in [0.1, 0.15) is 18.0 Å².